The first-order valence-electron chi connectivity index (χ1n) is 9.76. The number of nitrogens with zero attached hydrogens (tertiary/aromatic N) is 1. The number of fused-ring (bicyclic) bond motifs is 1. The fourth-order valence-corrected chi connectivity index (χ4v) is 4.34. The van der Waals surface area contributed by atoms with Crippen molar-refractivity contribution >= 4 is 22.6 Å². The van der Waals surface area contributed by atoms with Crippen LogP contribution in [0.25, 0.3) is 10.9 Å². The van der Waals surface area contributed by atoms with Crippen LogP contribution in [0.15, 0.2) is 54.6 Å². The number of Topliss-reactive ketones (excluding diaryl/α,β-unsaturated/α-hetero) is 1. The number of hydrogen-bond acceptors (Lipinski definition) is 3. The third-order valence-corrected chi connectivity index (χ3v) is 5.80. The number of aromatic amines is 1. The van der Waals surface area contributed by atoms with Crippen LogP contribution >= 0.6 is 0 Å². The van der Waals surface area contributed by atoms with E-state index in [0.717, 1.165) is 27.7 Å². The number of ketones is 1. The molecular weight excluding hydrogens is 350 g/mol. The molecule has 0 spiro atoms. The predicted molar refractivity (Wildman–Crippen MR) is 110 cm³/mol. The Morgan fingerprint density at radius 2 is 1.68 bits per heavy atom. The van der Waals surface area contributed by atoms with Crippen LogP contribution in [-0.4, -0.2) is 34.7 Å². The highest BCUT2D eigenvalue weighted by Gasteiger charge is 2.34. The summed E-state index contributed by atoms with van der Waals surface area (Å²) < 4.78 is 0. The highest BCUT2D eigenvalue weighted by atomic mass is 16.1. The minimum Gasteiger partial charge on any atom is -0.369 e. The molecule has 2 aromatic carbocycles. The van der Waals surface area contributed by atoms with Crippen molar-refractivity contribution in [2.45, 2.75) is 25.8 Å². The summed E-state index contributed by atoms with van der Waals surface area (Å²) >= 11 is 0. The van der Waals surface area contributed by atoms with Gasteiger partial charge < -0.3 is 10.7 Å². The third-order valence-electron chi connectivity index (χ3n) is 5.80. The Morgan fingerprint density at radius 3 is 2.36 bits per heavy atom. The van der Waals surface area contributed by atoms with Crippen LogP contribution < -0.4 is 5.73 Å². The predicted octanol–water partition coefficient (Wildman–Crippen LogP) is 3.60. The van der Waals surface area contributed by atoms with Gasteiger partial charge in [-0.15, -0.1) is 0 Å². The van der Waals surface area contributed by atoms with E-state index in [1.165, 1.54) is 0 Å². The monoisotopic (exact) mass is 375 g/mol. The lowest BCUT2D eigenvalue weighted by molar-refractivity contribution is -0.123. The van der Waals surface area contributed by atoms with Crippen molar-refractivity contribution in [1.82, 2.24) is 9.88 Å². The molecule has 1 saturated heterocycles. The van der Waals surface area contributed by atoms with Crippen molar-refractivity contribution in [2.24, 2.45) is 11.7 Å². The van der Waals surface area contributed by atoms with Crippen LogP contribution in [0, 0.1) is 12.8 Å². The van der Waals surface area contributed by atoms with Gasteiger partial charge in [-0.1, -0.05) is 48.5 Å². The SMILES string of the molecule is Cc1[nH]c2ccccc2c1C(=O)[C@H](c1ccccc1)N1CCC(C(N)=O)CC1. The summed E-state index contributed by atoms with van der Waals surface area (Å²) in [4.78, 5) is 30.9. The summed E-state index contributed by atoms with van der Waals surface area (Å²) in [5.41, 5.74) is 9.09. The van der Waals surface area contributed by atoms with Crippen molar-refractivity contribution in [1.29, 1.82) is 0 Å². The van der Waals surface area contributed by atoms with Gasteiger partial charge in [0.25, 0.3) is 0 Å². The van der Waals surface area contributed by atoms with Gasteiger partial charge in [-0.25, -0.2) is 0 Å². The fraction of sp³-hybridized carbons (Fsp3) is 0.304. The van der Waals surface area contributed by atoms with E-state index in [1.54, 1.807) is 0 Å². The molecule has 2 heterocycles. The Hall–Kier alpha value is -2.92. The number of nitrogens with one attached hydrogen (secondary N) is 1. The van der Waals surface area contributed by atoms with E-state index in [4.69, 9.17) is 5.73 Å². The molecule has 5 nitrogen and oxygen atoms in total. The second-order valence-corrected chi connectivity index (χ2v) is 7.56. The van der Waals surface area contributed by atoms with Crippen molar-refractivity contribution in [2.75, 3.05) is 13.1 Å². The van der Waals surface area contributed by atoms with E-state index in [-0.39, 0.29) is 23.7 Å². The van der Waals surface area contributed by atoms with Crippen LogP contribution in [0.4, 0.5) is 0 Å². The molecule has 28 heavy (non-hydrogen) atoms. The molecule has 3 aromatic rings. The molecule has 5 heteroatoms. The van der Waals surface area contributed by atoms with Crippen LogP contribution in [0.3, 0.4) is 0 Å². The lowest BCUT2D eigenvalue weighted by atomic mass is 9.90. The average Bonchev–Trinajstić information content (AvgIpc) is 3.05. The number of amides is 1. The number of aryl methyl sites for hydroxylation is 1. The number of carbonyl (C=O) groups excluding carboxylic acids is 2. The first kappa shape index (κ1) is 18.4. The number of benzene rings is 2. The summed E-state index contributed by atoms with van der Waals surface area (Å²) in [7, 11) is 0. The van der Waals surface area contributed by atoms with Gasteiger partial charge in [-0.3, -0.25) is 14.5 Å². The van der Waals surface area contributed by atoms with Gasteiger partial charge in [0.1, 0.15) is 0 Å². The summed E-state index contributed by atoms with van der Waals surface area (Å²) in [6, 6.07) is 17.5. The zero-order valence-corrected chi connectivity index (χ0v) is 16.0. The van der Waals surface area contributed by atoms with E-state index >= 15 is 0 Å². The standard InChI is InChI=1S/C23H25N3O2/c1-15-20(18-9-5-6-10-19(18)25-15)22(27)21(16-7-3-2-4-8-16)26-13-11-17(12-14-26)23(24)28/h2-10,17,21,25H,11-14H2,1H3,(H2,24,28)/t21-/m0/s1. The highest BCUT2D eigenvalue weighted by Crippen LogP contribution is 2.33. The molecule has 0 unspecified atom stereocenters. The lowest BCUT2D eigenvalue weighted by Crippen LogP contribution is -2.43. The van der Waals surface area contributed by atoms with Crippen LogP contribution in [-0.2, 0) is 4.79 Å². The van der Waals surface area contributed by atoms with E-state index < -0.39 is 0 Å². The van der Waals surface area contributed by atoms with Gasteiger partial charge in [0.05, 0.1) is 6.04 Å². The van der Waals surface area contributed by atoms with Gasteiger partial charge in [-0.05, 0) is 44.5 Å². The van der Waals surface area contributed by atoms with E-state index in [9.17, 15) is 9.59 Å². The fourth-order valence-electron chi connectivity index (χ4n) is 4.34. The number of likely N-dealkylation sites (tertiary alicyclic amines) is 1. The van der Waals surface area contributed by atoms with E-state index in [2.05, 4.69) is 9.88 Å². The Morgan fingerprint density at radius 1 is 1.04 bits per heavy atom. The minimum absolute atomic E-state index is 0.0960. The van der Waals surface area contributed by atoms with Gasteiger partial charge in [-0.2, -0.15) is 0 Å². The number of nitrogens with two attached hydrogens (primary N) is 1. The molecule has 1 fully saturated rings. The zero-order valence-electron chi connectivity index (χ0n) is 16.0. The van der Waals surface area contributed by atoms with Gasteiger partial charge >= 0.3 is 0 Å². The largest absolute Gasteiger partial charge is 0.369 e. The summed E-state index contributed by atoms with van der Waals surface area (Å²) in [5, 5.41) is 0.956. The first-order valence-corrected chi connectivity index (χ1v) is 9.76. The molecular formula is C23H25N3O2. The van der Waals surface area contributed by atoms with Crippen molar-refractivity contribution < 1.29 is 9.59 Å². The molecule has 1 aliphatic rings. The smallest absolute Gasteiger partial charge is 0.220 e. The molecule has 1 aliphatic heterocycles. The Balaban J connectivity index is 1.73. The molecule has 0 aliphatic carbocycles. The zero-order chi connectivity index (χ0) is 19.7. The average molecular weight is 375 g/mol. The molecule has 3 N–H and O–H groups in total. The topological polar surface area (TPSA) is 79.2 Å². The second kappa shape index (κ2) is 7.60. The molecule has 1 aromatic heterocycles. The van der Waals surface area contributed by atoms with Crippen LogP contribution in [0.5, 0.6) is 0 Å². The number of H-pyrrole nitrogens is 1. The lowest BCUT2D eigenvalue weighted by Gasteiger charge is -2.36. The van der Waals surface area contributed by atoms with Crippen LogP contribution in [0.2, 0.25) is 0 Å². The number of primary amides is 1. The van der Waals surface area contributed by atoms with Gasteiger partial charge in [0.15, 0.2) is 5.78 Å². The highest BCUT2D eigenvalue weighted by molar-refractivity contribution is 6.11. The number of para-hydroxylation sites is 1. The molecule has 144 valence electrons. The normalized spacial score (nSPS) is 16.9. The Kier molecular flexibility index (Phi) is 5.01. The molecule has 0 radical (unpaired) electrons. The molecule has 1 atom stereocenters. The minimum atomic E-state index is -0.368. The van der Waals surface area contributed by atoms with Crippen molar-refractivity contribution in [3.8, 4) is 0 Å². The van der Waals surface area contributed by atoms with Gasteiger partial charge in [0.2, 0.25) is 5.91 Å². The van der Waals surface area contributed by atoms with Gasteiger partial charge in [0, 0.05) is 28.1 Å². The number of carbonyl (C=O) groups is 2. The van der Waals surface area contributed by atoms with E-state index in [0.29, 0.717) is 25.9 Å². The number of rotatable bonds is 5. The molecule has 4 rings (SSSR count). The Bertz CT molecular complexity index is 1000. The molecule has 0 bridgehead atoms. The second-order valence-electron chi connectivity index (χ2n) is 7.56. The number of piperidine rings is 1. The Labute approximate surface area is 164 Å². The quantitative estimate of drug-likeness (QED) is 0.669. The maximum Gasteiger partial charge on any atom is 0.220 e. The summed E-state index contributed by atoms with van der Waals surface area (Å²) in [5.74, 6) is -0.244. The third kappa shape index (κ3) is 3.34. The van der Waals surface area contributed by atoms with E-state index in [1.807, 2.05) is 61.5 Å². The summed E-state index contributed by atoms with van der Waals surface area (Å²) in [6.07, 6.45) is 1.39. The molecule has 0 saturated carbocycles. The van der Waals surface area contributed by atoms with Crippen molar-refractivity contribution in [3.63, 3.8) is 0 Å². The maximum absolute atomic E-state index is 13.8. The number of hydrogen-bond donors (Lipinski definition) is 2. The first-order chi connectivity index (χ1) is 13.6. The van der Waals surface area contributed by atoms with Crippen molar-refractivity contribution in [3.05, 3.63) is 71.4 Å². The molecule has 1 amide bonds. The summed E-state index contributed by atoms with van der Waals surface area (Å²) in [6.45, 7) is 3.31. The van der Waals surface area contributed by atoms with Crippen LogP contribution in [0.1, 0.15) is 40.5 Å². The maximum atomic E-state index is 13.8. The number of aromatic nitrogens is 1.